The van der Waals surface area contributed by atoms with Gasteiger partial charge in [-0.1, -0.05) is 18.2 Å². The Labute approximate surface area is 174 Å². The largest absolute Gasteiger partial charge is 0.416 e. The number of carbonyl (C=O) groups excluding carboxylic acids is 1. The molecule has 31 heavy (non-hydrogen) atoms. The third-order valence-electron chi connectivity index (χ3n) is 4.83. The first kappa shape index (κ1) is 22.0. The van der Waals surface area contributed by atoms with Crippen LogP contribution in [0.5, 0.6) is 0 Å². The smallest absolute Gasteiger partial charge is 0.378 e. The van der Waals surface area contributed by atoms with Gasteiger partial charge in [0.05, 0.1) is 11.1 Å². The van der Waals surface area contributed by atoms with Crippen molar-refractivity contribution in [3.05, 3.63) is 77.2 Å². The Kier molecular flexibility index (Phi) is 5.57. The summed E-state index contributed by atoms with van der Waals surface area (Å²) in [5, 5.41) is 24.4. The van der Waals surface area contributed by atoms with E-state index >= 15 is 0 Å². The number of alkyl halides is 3. The second-order valence-electron chi connectivity index (χ2n) is 6.99. The van der Waals surface area contributed by atoms with E-state index in [1.165, 1.54) is 18.2 Å². The molecule has 0 aliphatic rings. The molecule has 0 radical (unpaired) electrons. The highest BCUT2D eigenvalue weighted by Gasteiger charge is 2.45. The van der Waals surface area contributed by atoms with Crippen LogP contribution in [-0.2, 0) is 11.0 Å². The first-order valence-electron chi connectivity index (χ1n) is 8.90. The zero-order valence-electron chi connectivity index (χ0n) is 16.1. The van der Waals surface area contributed by atoms with Crippen LogP contribution in [0.3, 0.4) is 0 Å². The molecule has 1 heterocycles. The molecule has 0 saturated carbocycles. The van der Waals surface area contributed by atoms with Crippen LogP contribution in [0.2, 0.25) is 0 Å². The molecule has 0 aliphatic carbocycles. The van der Waals surface area contributed by atoms with Crippen LogP contribution in [0, 0.1) is 17.1 Å². The van der Waals surface area contributed by atoms with Gasteiger partial charge in [-0.3, -0.25) is 9.48 Å². The Morgan fingerprint density at radius 3 is 2.35 bits per heavy atom. The highest BCUT2D eigenvalue weighted by atomic mass is 19.4. The maximum atomic E-state index is 13.7. The van der Waals surface area contributed by atoms with Gasteiger partial charge >= 0.3 is 6.18 Å². The monoisotopic (exact) mass is 432 g/mol. The van der Waals surface area contributed by atoms with E-state index in [2.05, 4.69) is 5.10 Å². The number of carbonyl (C=O) groups is 1. The van der Waals surface area contributed by atoms with E-state index in [0.29, 0.717) is 5.56 Å². The Bertz CT molecular complexity index is 1160. The van der Waals surface area contributed by atoms with E-state index in [1.54, 1.807) is 0 Å². The first-order valence-corrected chi connectivity index (χ1v) is 8.90. The summed E-state index contributed by atoms with van der Waals surface area (Å²) in [7, 11) is 0. The fourth-order valence-corrected chi connectivity index (χ4v) is 3.26. The molecule has 0 saturated heterocycles. The van der Waals surface area contributed by atoms with Gasteiger partial charge in [-0.05, 0) is 42.8 Å². The molecular weight excluding hydrogens is 416 g/mol. The molecule has 3 N–H and O–H groups in total. The molecule has 0 spiro atoms. The summed E-state index contributed by atoms with van der Waals surface area (Å²) in [6.45, 7) is 0.971. The van der Waals surface area contributed by atoms with E-state index in [1.807, 2.05) is 6.07 Å². The van der Waals surface area contributed by atoms with E-state index < -0.39 is 40.7 Å². The summed E-state index contributed by atoms with van der Waals surface area (Å²) in [6.07, 6.45) is -3.69. The highest BCUT2D eigenvalue weighted by molar-refractivity contribution is 5.84. The number of aliphatic hydroxyl groups is 1. The lowest BCUT2D eigenvalue weighted by Gasteiger charge is -2.32. The third-order valence-corrected chi connectivity index (χ3v) is 4.83. The SMILES string of the molecule is CC(O)(C(N)=O)C(c1ccccc1C(F)(F)F)n1cc(C#N)c(-c2ccc(F)cc2)n1. The van der Waals surface area contributed by atoms with Crippen molar-refractivity contribution >= 4 is 5.91 Å². The molecule has 10 heteroatoms. The number of primary amides is 1. The quantitative estimate of drug-likeness (QED) is 0.603. The van der Waals surface area contributed by atoms with Gasteiger partial charge < -0.3 is 10.8 Å². The minimum absolute atomic E-state index is 0.0391. The average Bonchev–Trinajstić information content (AvgIpc) is 3.11. The van der Waals surface area contributed by atoms with E-state index in [0.717, 1.165) is 48.1 Å². The Hall–Kier alpha value is -3.71. The molecule has 2 atom stereocenters. The summed E-state index contributed by atoms with van der Waals surface area (Å²) in [5.74, 6) is -1.82. The van der Waals surface area contributed by atoms with Crippen molar-refractivity contribution in [2.45, 2.75) is 24.7 Å². The minimum Gasteiger partial charge on any atom is -0.378 e. The maximum Gasteiger partial charge on any atom is 0.416 e. The van der Waals surface area contributed by atoms with Gasteiger partial charge in [-0.2, -0.15) is 23.5 Å². The highest BCUT2D eigenvalue weighted by Crippen LogP contribution is 2.40. The summed E-state index contributed by atoms with van der Waals surface area (Å²) in [6, 6.07) is 9.47. The number of amides is 1. The van der Waals surface area contributed by atoms with Gasteiger partial charge in [0.1, 0.15) is 23.6 Å². The Morgan fingerprint density at radius 1 is 1.19 bits per heavy atom. The molecule has 3 aromatic rings. The van der Waals surface area contributed by atoms with Crippen LogP contribution < -0.4 is 5.73 Å². The van der Waals surface area contributed by atoms with Crippen molar-refractivity contribution in [2.75, 3.05) is 0 Å². The molecule has 160 valence electrons. The second-order valence-corrected chi connectivity index (χ2v) is 6.99. The summed E-state index contributed by atoms with van der Waals surface area (Å²) < 4.78 is 55.1. The minimum atomic E-state index is -4.80. The number of rotatable bonds is 5. The topological polar surface area (TPSA) is 105 Å². The van der Waals surface area contributed by atoms with Crippen molar-refractivity contribution in [2.24, 2.45) is 5.73 Å². The fraction of sp³-hybridized carbons (Fsp3) is 0.190. The summed E-state index contributed by atoms with van der Waals surface area (Å²) >= 11 is 0. The number of benzene rings is 2. The maximum absolute atomic E-state index is 13.7. The first-order chi connectivity index (χ1) is 14.5. The number of aromatic nitrogens is 2. The van der Waals surface area contributed by atoms with Gasteiger partial charge in [0, 0.05) is 11.8 Å². The molecule has 1 amide bonds. The van der Waals surface area contributed by atoms with Crippen LogP contribution in [-0.4, -0.2) is 26.4 Å². The van der Waals surface area contributed by atoms with Crippen molar-refractivity contribution in [3.63, 3.8) is 0 Å². The number of nitriles is 1. The molecule has 0 aliphatic heterocycles. The normalized spacial score (nSPS) is 14.5. The van der Waals surface area contributed by atoms with Crippen LogP contribution in [0.25, 0.3) is 11.3 Å². The molecule has 2 unspecified atom stereocenters. The molecule has 0 bridgehead atoms. The zero-order chi connectivity index (χ0) is 23.0. The molecular formula is C21H16F4N4O2. The van der Waals surface area contributed by atoms with E-state index in [9.17, 15) is 32.7 Å². The lowest BCUT2D eigenvalue weighted by atomic mass is 9.86. The standard InChI is InChI=1S/C21H16F4N4O2/c1-20(31,19(27)30)18(15-4-2-3-5-16(15)21(23,24)25)29-11-13(10-26)17(28-29)12-6-8-14(22)9-7-12/h2-9,11,18,31H,1H3,(H2,27,30). The number of nitrogens with two attached hydrogens (primary N) is 1. The molecule has 3 rings (SSSR count). The van der Waals surface area contributed by atoms with Gasteiger partial charge in [-0.25, -0.2) is 4.39 Å². The van der Waals surface area contributed by atoms with Crippen LogP contribution >= 0.6 is 0 Å². The molecule has 0 fully saturated rings. The molecule has 6 nitrogen and oxygen atoms in total. The van der Waals surface area contributed by atoms with Crippen LogP contribution in [0.4, 0.5) is 17.6 Å². The van der Waals surface area contributed by atoms with Crippen LogP contribution in [0.15, 0.2) is 54.7 Å². The Morgan fingerprint density at radius 2 is 1.81 bits per heavy atom. The average molecular weight is 432 g/mol. The fourth-order valence-electron chi connectivity index (χ4n) is 3.26. The number of hydrogen-bond acceptors (Lipinski definition) is 4. The molecule has 2 aromatic carbocycles. The predicted molar refractivity (Wildman–Crippen MR) is 102 cm³/mol. The van der Waals surface area contributed by atoms with Crippen molar-refractivity contribution in [3.8, 4) is 17.3 Å². The summed E-state index contributed by atoms with van der Waals surface area (Å²) in [5.41, 5.74) is 1.54. The van der Waals surface area contributed by atoms with Gasteiger partial charge in [0.25, 0.3) is 5.91 Å². The predicted octanol–water partition coefficient (Wildman–Crippen LogP) is 3.41. The number of nitrogens with zero attached hydrogens (tertiary/aromatic N) is 3. The van der Waals surface area contributed by atoms with Crippen molar-refractivity contribution in [1.29, 1.82) is 5.26 Å². The number of hydrogen-bond donors (Lipinski definition) is 2. The van der Waals surface area contributed by atoms with Crippen molar-refractivity contribution < 1.29 is 27.5 Å². The van der Waals surface area contributed by atoms with Gasteiger partial charge in [-0.15, -0.1) is 0 Å². The lowest BCUT2D eigenvalue weighted by Crippen LogP contribution is -2.49. The Balaban J connectivity index is 2.28. The molecule has 1 aromatic heterocycles. The summed E-state index contributed by atoms with van der Waals surface area (Å²) in [4.78, 5) is 12.0. The van der Waals surface area contributed by atoms with Crippen LogP contribution in [0.1, 0.15) is 29.7 Å². The third kappa shape index (κ3) is 4.13. The van der Waals surface area contributed by atoms with E-state index in [4.69, 9.17) is 5.73 Å². The van der Waals surface area contributed by atoms with E-state index in [-0.39, 0.29) is 11.3 Å². The van der Waals surface area contributed by atoms with Crippen molar-refractivity contribution in [1.82, 2.24) is 9.78 Å². The second kappa shape index (κ2) is 7.85. The van der Waals surface area contributed by atoms with Gasteiger partial charge in [0.15, 0.2) is 5.60 Å². The zero-order valence-corrected chi connectivity index (χ0v) is 16.1. The number of halogens is 4. The lowest BCUT2D eigenvalue weighted by molar-refractivity contribution is -0.143. The van der Waals surface area contributed by atoms with Gasteiger partial charge in [0.2, 0.25) is 0 Å².